The summed E-state index contributed by atoms with van der Waals surface area (Å²) in [6.45, 7) is 1.80. The zero-order valence-corrected chi connectivity index (χ0v) is 21.8. The van der Waals surface area contributed by atoms with E-state index in [1.54, 1.807) is 73.1 Å². The number of anilines is 2. The smallest absolute Gasteiger partial charge is 0.272 e. The van der Waals surface area contributed by atoms with Gasteiger partial charge in [0.05, 0.1) is 5.25 Å². The lowest BCUT2D eigenvalue weighted by atomic mass is 10.1. The fourth-order valence-corrected chi connectivity index (χ4v) is 4.63. The van der Waals surface area contributed by atoms with E-state index in [4.69, 9.17) is 0 Å². The van der Waals surface area contributed by atoms with E-state index in [1.807, 2.05) is 0 Å². The van der Waals surface area contributed by atoms with Crippen molar-refractivity contribution in [3.05, 3.63) is 113 Å². The van der Waals surface area contributed by atoms with E-state index in [0.29, 0.717) is 21.9 Å². The van der Waals surface area contributed by atoms with Gasteiger partial charge in [-0.05, 0) is 67.1 Å². The minimum atomic E-state index is -0.546. The Hall–Kier alpha value is -4.28. The van der Waals surface area contributed by atoms with Crippen LogP contribution < -0.4 is 16.0 Å². The van der Waals surface area contributed by atoms with Crippen LogP contribution in [0.2, 0.25) is 0 Å². The van der Waals surface area contributed by atoms with E-state index in [0.717, 1.165) is 4.90 Å². The third-order valence-corrected chi connectivity index (χ3v) is 6.97. The number of hydrogen-bond acceptors (Lipinski definition) is 6. The number of nitrogens with one attached hydrogen (secondary N) is 3. The summed E-state index contributed by atoms with van der Waals surface area (Å²) in [5.41, 5.74) is 1.43. The first-order valence-electron chi connectivity index (χ1n) is 11.5. The monoisotopic (exact) mass is 546 g/mol. The maximum atomic E-state index is 13.3. The summed E-state index contributed by atoms with van der Waals surface area (Å²) in [5.74, 6) is -1.57. The van der Waals surface area contributed by atoms with Gasteiger partial charge in [-0.15, -0.1) is 23.1 Å². The highest BCUT2D eigenvalue weighted by Gasteiger charge is 2.17. The number of thioether (sulfide) groups is 1. The number of rotatable bonds is 9. The fraction of sp³-hybridized carbons (Fsp3) is 0.0714. The lowest BCUT2D eigenvalue weighted by Gasteiger charge is -2.13. The molecule has 1 unspecified atom stereocenters. The molecule has 0 saturated heterocycles. The van der Waals surface area contributed by atoms with Gasteiger partial charge in [0.15, 0.2) is 5.13 Å². The van der Waals surface area contributed by atoms with Crippen molar-refractivity contribution in [1.82, 2.24) is 10.3 Å². The number of carbonyl (C=O) groups excluding carboxylic acids is 3. The highest BCUT2D eigenvalue weighted by molar-refractivity contribution is 8.00. The first kappa shape index (κ1) is 26.8. The summed E-state index contributed by atoms with van der Waals surface area (Å²) in [7, 11) is 0. The second-order valence-corrected chi connectivity index (χ2v) is 10.3. The second kappa shape index (κ2) is 12.8. The van der Waals surface area contributed by atoms with E-state index >= 15 is 0 Å². The molecule has 0 aliphatic heterocycles. The van der Waals surface area contributed by atoms with Crippen LogP contribution in [0, 0.1) is 5.82 Å². The van der Waals surface area contributed by atoms with Crippen molar-refractivity contribution in [3.8, 4) is 0 Å². The highest BCUT2D eigenvalue weighted by Crippen LogP contribution is 2.26. The van der Waals surface area contributed by atoms with Crippen molar-refractivity contribution >= 4 is 57.7 Å². The van der Waals surface area contributed by atoms with Crippen molar-refractivity contribution in [3.63, 3.8) is 0 Å². The van der Waals surface area contributed by atoms with Crippen LogP contribution in [0.25, 0.3) is 6.08 Å². The van der Waals surface area contributed by atoms with Crippen molar-refractivity contribution in [2.45, 2.75) is 17.1 Å². The van der Waals surface area contributed by atoms with Gasteiger partial charge >= 0.3 is 0 Å². The molecule has 4 aromatic rings. The molecule has 0 aliphatic carbocycles. The lowest BCUT2D eigenvalue weighted by Crippen LogP contribution is -2.30. The third-order valence-electron chi connectivity index (χ3n) is 5.17. The topological polar surface area (TPSA) is 100 Å². The van der Waals surface area contributed by atoms with Crippen LogP contribution in [-0.2, 0) is 9.59 Å². The predicted octanol–water partition coefficient (Wildman–Crippen LogP) is 5.81. The van der Waals surface area contributed by atoms with Gasteiger partial charge < -0.3 is 16.0 Å². The average Bonchev–Trinajstić information content (AvgIpc) is 3.44. The van der Waals surface area contributed by atoms with E-state index in [2.05, 4.69) is 20.9 Å². The van der Waals surface area contributed by atoms with Crippen LogP contribution in [0.4, 0.5) is 15.2 Å². The Kier molecular flexibility index (Phi) is 9.02. The van der Waals surface area contributed by atoms with Gasteiger partial charge in [0.25, 0.3) is 11.8 Å². The molecule has 1 aromatic heterocycles. The number of amides is 3. The normalized spacial score (nSPS) is 11.9. The van der Waals surface area contributed by atoms with Crippen molar-refractivity contribution < 1.29 is 18.8 Å². The van der Waals surface area contributed by atoms with Crippen LogP contribution in [0.5, 0.6) is 0 Å². The number of nitrogens with zero attached hydrogens (tertiary/aromatic N) is 1. The number of halogens is 1. The zero-order chi connectivity index (χ0) is 26.9. The Bertz CT molecular complexity index is 1430. The van der Waals surface area contributed by atoms with Gasteiger partial charge in [0.2, 0.25) is 5.91 Å². The average molecular weight is 547 g/mol. The number of benzene rings is 3. The van der Waals surface area contributed by atoms with Crippen LogP contribution in [0.3, 0.4) is 0 Å². The molecule has 10 heteroatoms. The molecule has 1 heterocycles. The standard InChI is InChI=1S/C28H23FN4O3S2/c1-18(25(34)33-28-30-15-16-37-28)38-23-13-11-22(12-14-23)31-27(36)24(17-19-7-9-21(29)10-8-19)32-26(35)20-5-3-2-4-6-20/h2-18H,1H3,(H,31,36)(H,32,35)(H,30,33,34)/b24-17-. The number of hydrogen-bond donors (Lipinski definition) is 3. The molecule has 192 valence electrons. The van der Waals surface area contributed by atoms with Gasteiger partial charge in [-0.1, -0.05) is 30.3 Å². The van der Waals surface area contributed by atoms with Gasteiger partial charge in [-0.3, -0.25) is 14.4 Å². The summed E-state index contributed by atoms with van der Waals surface area (Å²) in [6, 6.07) is 21.1. The molecule has 0 spiro atoms. The maximum absolute atomic E-state index is 13.3. The van der Waals surface area contributed by atoms with E-state index in [1.165, 1.54) is 53.4 Å². The summed E-state index contributed by atoms with van der Waals surface area (Å²) >= 11 is 2.72. The summed E-state index contributed by atoms with van der Waals surface area (Å²) in [4.78, 5) is 43.1. The first-order chi connectivity index (χ1) is 18.4. The van der Waals surface area contributed by atoms with Crippen LogP contribution >= 0.6 is 23.1 Å². The summed E-state index contributed by atoms with van der Waals surface area (Å²) in [6.07, 6.45) is 3.10. The Morgan fingerprint density at radius 2 is 1.66 bits per heavy atom. The molecular weight excluding hydrogens is 523 g/mol. The zero-order valence-electron chi connectivity index (χ0n) is 20.2. The lowest BCUT2D eigenvalue weighted by molar-refractivity contribution is -0.115. The van der Waals surface area contributed by atoms with Gasteiger partial charge in [0.1, 0.15) is 11.5 Å². The Morgan fingerprint density at radius 1 is 0.947 bits per heavy atom. The minimum Gasteiger partial charge on any atom is -0.321 e. The molecular formula is C28H23FN4O3S2. The number of thiazole rings is 1. The predicted molar refractivity (Wildman–Crippen MR) is 149 cm³/mol. The molecule has 4 rings (SSSR count). The fourth-order valence-electron chi connectivity index (χ4n) is 3.23. The molecule has 0 bridgehead atoms. The molecule has 3 aromatic carbocycles. The van der Waals surface area contributed by atoms with E-state index in [-0.39, 0.29) is 16.9 Å². The molecule has 0 aliphatic rings. The summed E-state index contributed by atoms with van der Waals surface area (Å²) < 4.78 is 13.3. The molecule has 3 N–H and O–H groups in total. The van der Waals surface area contributed by atoms with Crippen molar-refractivity contribution in [2.75, 3.05) is 10.6 Å². The van der Waals surface area contributed by atoms with Crippen LogP contribution in [0.15, 0.2) is 101 Å². The first-order valence-corrected chi connectivity index (χ1v) is 13.3. The third kappa shape index (κ3) is 7.61. The molecule has 3 amide bonds. The maximum Gasteiger partial charge on any atom is 0.272 e. The summed E-state index contributed by atoms with van der Waals surface area (Å²) in [5, 5.41) is 10.2. The Labute approximate surface area is 227 Å². The van der Waals surface area contributed by atoms with E-state index < -0.39 is 17.6 Å². The number of aromatic nitrogens is 1. The van der Waals surface area contributed by atoms with E-state index in [9.17, 15) is 18.8 Å². The number of carbonyl (C=O) groups is 3. The second-order valence-electron chi connectivity index (χ2n) is 7.99. The Morgan fingerprint density at radius 3 is 2.32 bits per heavy atom. The minimum absolute atomic E-state index is 0.00334. The molecule has 1 atom stereocenters. The van der Waals surface area contributed by atoms with Gasteiger partial charge in [0, 0.05) is 27.7 Å². The van der Waals surface area contributed by atoms with Crippen LogP contribution in [-0.4, -0.2) is 28.0 Å². The van der Waals surface area contributed by atoms with Crippen molar-refractivity contribution in [2.24, 2.45) is 0 Å². The molecule has 7 nitrogen and oxygen atoms in total. The highest BCUT2D eigenvalue weighted by atomic mass is 32.2. The SMILES string of the molecule is CC(Sc1ccc(NC(=O)/C(=C/c2ccc(F)cc2)NC(=O)c2ccccc2)cc1)C(=O)Nc1nccs1. The molecule has 0 radical (unpaired) electrons. The van der Waals surface area contributed by atoms with Crippen LogP contribution in [0.1, 0.15) is 22.8 Å². The quantitative estimate of drug-likeness (QED) is 0.182. The van der Waals surface area contributed by atoms with Gasteiger partial charge in [-0.2, -0.15) is 0 Å². The van der Waals surface area contributed by atoms with Crippen molar-refractivity contribution in [1.29, 1.82) is 0 Å². The largest absolute Gasteiger partial charge is 0.321 e. The van der Waals surface area contributed by atoms with Gasteiger partial charge in [-0.25, -0.2) is 9.37 Å². The Balaban J connectivity index is 1.44. The molecule has 0 fully saturated rings. The molecule has 38 heavy (non-hydrogen) atoms. The molecule has 0 saturated carbocycles.